The second-order valence-electron chi connectivity index (χ2n) is 5.19. The molecule has 1 atom stereocenters. The largest absolute Gasteiger partial charge is 0.309 e. The second kappa shape index (κ2) is 7.23. The molecule has 1 nitrogen and oxygen atoms in total. The fourth-order valence-electron chi connectivity index (χ4n) is 2.56. The maximum Gasteiger partial charge on any atom is 0.0584 e. The van der Waals surface area contributed by atoms with E-state index < -0.39 is 0 Å². The van der Waals surface area contributed by atoms with Gasteiger partial charge in [0, 0.05) is 3.57 Å². The van der Waals surface area contributed by atoms with Crippen molar-refractivity contribution in [2.45, 2.75) is 32.7 Å². The molecule has 20 heavy (non-hydrogen) atoms. The molecule has 106 valence electrons. The van der Waals surface area contributed by atoms with Crippen molar-refractivity contribution in [1.82, 2.24) is 5.32 Å². The van der Waals surface area contributed by atoms with Gasteiger partial charge < -0.3 is 5.32 Å². The monoisotopic (exact) mass is 379 g/mol. The minimum Gasteiger partial charge on any atom is -0.309 e. The van der Waals surface area contributed by atoms with E-state index in [4.69, 9.17) is 0 Å². The third kappa shape index (κ3) is 3.41. The highest BCUT2D eigenvalue weighted by Crippen LogP contribution is 2.28. The second-order valence-corrected chi connectivity index (χ2v) is 6.27. The quantitative estimate of drug-likeness (QED) is 0.732. The summed E-state index contributed by atoms with van der Waals surface area (Å²) in [4.78, 5) is 0. The van der Waals surface area contributed by atoms with Gasteiger partial charge in [-0.3, -0.25) is 0 Å². The number of rotatable bonds is 5. The molecule has 2 heteroatoms. The Bertz CT molecular complexity index is 560. The van der Waals surface area contributed by atoms with E-state index in [1.54, 1.807) is 0 Å². The van der Waals surface area contributed by atoms with Crippen LogP contribution in [-0.2, 0) is 6.42 Å². The summed E-state index contributed by atoms with van der Waals surface area (Å²) in [5.41, 5.74) is 5.45. The van der Waals surface area contributed by atoms with Gasteiger partial charge in [0.25, 0.3) is 0 Å². The molecule has 0 bridgehead atoms. The highest BCUT2D eigenvalue weighted by atomic mass is 127. The molecule has 0 amide bonds. The normalized spacial score (nSPS) is 12.4. The van der Waals surface area contributed by atoms with Crippen LogP contribution in [0.15, 0.2) is 42.5 Å². The fourth-order valence-corrected chi connectivity index (χ4v) is 3.23. The lowest BCUT2D eigenvalue weighted by molar-refractivity contribution is 0.687. The van der Waals surface area contributed by atoms with Gasteiger partial charge >= 0.3 is 0 Å². The molecule has 0 aliphatic heterocycles. The predicted molar refractivity (Wildman–Crippen MR) is 95.2 cm³/mol. The fraction of sp³-hybridized carbons (Fsp3) is 0.333. The van der Waals surface area contributed by atoms with E-state index in [9.17, 15) is 0 Å². The van der Waals surface area contributed by atoms with Crippen LogP contribution in [0.5, 0.6) is 0 Å². The minimum atomic E-state index is 0.262. The molecule has 0 aliphatic carbocycles. The summed E-state index contributed by atoms with van der Waals surface area (Å²) in [5, 5.41) is 3.45. The molecule has 2 rings (SSSR count). The van der Waals surface area contributed by atoms with Crippen LogP contribution < -0.4 is 5.32 Å². The van der Waals surface area contributed by atoms with Crippen molar-refractivity contribution in [3.8, 4) is 0 Å². The average Bonchev–Trinajstić information content (AvgIpc) is 2.46. The van der Waals surface area contributed by atoms with Crippen molar-refractivity contribution < 1.29 is 0 Å². The SMILES string of the molecule is CCCc1ccc(C(NC)c2cccc(C)c2I)cc1. The molecule has 0 radical (unpaired) electrons. The van der Waals surface area contributed by atoms with Crippen molar-refractivity contribution in [3.05, 3.63) is 68.3 Å². The van der Waals surface area contributed by atoms with Gasteiger partial charge in [0.2, 0.25) is 0 Å². The molecule has 0 saturated heterocycles. The molecule has 1 N–H and O–H groups in total. The minimum absolute atomic E-state index is 0.262. The average molecular weight is 379 g/mol. The summed E-state index contributed by atoms with van der Waals surface area (Å²) in [6, 6.07) is 15.8. The first-order chi connectivity index (χ1) is 9.67. The Hall–Kier alpha value is -0.870. The molecular weight excluding hydrogens is 357 g/mol. The van der Waals surface area contributed by atoms with Gasteiger partial charge in [0.1, 0.15) is 0 Å². The maximum atomic E-state index is 3.45. The first-order valence-corrected chi connectivity index (χ1v) is 8.26. The Morgan fingerprint density at radius 3 is 2.40 bits per heavy atom. The highest BCUT2D eigenvalue weighted by molar-refractivity contribution is 14.1. The molecule has 0 fully saturated rings. The highest BCUT2D eigenvalue weighted by Gasteiger charge is 2.15. The van der Waals surface area contributed by atoms with Crippen LogP contribution in [-0.4, -0.2) is 7.05 Å². The van der Waals surface area contributed by atoms with Crippen LogP contribution in [0.2, 0.25) is 0 Å². The zero-order chi connectivity index (χ0) is 14.5. The molecule has 0 aromatic heterocycles. The van der Waals surface area contributed by atoms with Gasteiger partial charge in [-0.15, -0.1) is 0 Å². The van der Waals surface area contributed by atoms with Gasteiger partial charge in [0.05, 0.1) is 6.04 Å². The number of nitrogens with one attached hydrogen (secondary N) is 1. The van der Waals surface area contributed by atoms with E-state index in [0.717, 1.165) is 6.42 Å². The van der Waals surface area contributed by atoms with Crippen molar-refractivity contribution in [2.24, 2.45) is 0 Å². The number of halogens is 1. The smallest absolute Gasteiger partial charge is 0.0584 e. The van der Waals surface area contributed by atoms with E-state index in [0.29, 0.717) is 0 Å². The number of hydrogen-bond donors (Lipinski definition) is 1. The summed E-state index contributed by atoms with van der Waals surface area (Å²) in [7, 11) is 2.03. The van der Waals surface area contributed by atoms with Crippen LogP contribution in [0.25, 0.3) is 0 Å². The van der Waals surface area contributed by atoms with E-state index >= 15 is 0 Å². The number of benzene rings is 2. The maximum absolute atomic E-state index is 3.45. The third-order valence-corrected chi connectivity index (χ3v) is 5.15. The van der Waals surface area contributed by atoms with Gasteiger partial charge in [-0.25, -0.2) is 0 Å². The van der Waals surface area contributed by atoms with Crippen molar-refractivity contribution >= 4 is 22.6 Å². The lowest BCUT2D eigenvalue weighted by atomic mass is 9.96. The molecule has 0 heterocycles. The van der Waals surface area contributed by atoms with Gasteiger partial charge in [0.15, 0.2) is 0 Å². The van der Waals surface area contributed by atoms with Gasteiger partial charge in [-0.05, 0) is 65.2 Å². The zero-order valence-corrected chi connectivity index (χ0v) is 14.6. The molecule has 2 aromatic carbocycles. The molecule has 0 aliphatic rings. The molecule has 2 aromatic rings. The van der Waals surface area contributed by atoms with Gasteiger partial charge in [-0.1, -0.05) is 55.8 Å². The lowest BCUT2D eigenvalue weighted by Gasteiger charge is -2.20. The summed E-state index contributed by atoms with van der Waals surface area (Å²) in [5.74, 6) is 0. The molecule has 0 saturated carbocycles. The van der Waals surface area contributed by atoms with E-state index in [-0.39, 0.29) is 6.04 Å². The van der Waals surface area contributed by atoms with Crippen molar-refractivity contribution in [2.75, 3.05) is 7.05 Å². The van der Waals surface area contributed by atoms with E-state index in [1.165, 1.54) is 32.2 Å². The van der Waals surface area contributed by atoms with Crippen LogP contribution in [0.4, 0.5) is 0 Å². The first kappa shape index (κ1) is 15.5. The molecular formula is C18H22IN. The molecule has 1 unspecified atom stereocenters. The predicted octanol–water partition coefficient (Wildman–Crippen LogP) is 4.86. The summed E-state index contributed by atoms with van der Waals surface area (Å²) in [6.07, 6.45) is 2.36. The van der Waals surface area contributed by atoms with Crippen molar-refractivity contribution in [1.29, 1.82) is 0 Å². The van der Waals surface area contributed by atoms with E-state index in [1.807, 2.05) is 7.05 Å². The standard InChI is InChI=1S/C18H22IN/c1-4-6-14-9-11-15(12-10-14)18(20-3)16-8-5-7-13(2)17(16)19/h5,7-12,18,20H,4,6H2,1-3H3. The molecule has 0 spiro atoms. The Kier molecular flexibility index (Phi) is 5.61. The van der Waals surface area contributed by atoms with Gasteiger partial charge in [-0.2, -0.15) is 0 Å². The van der Waals surface area contributed by atoms with Crippen LogP contribution >= 0.6 is 22.6 Å². The lowest BCUT2D eigenvalue weighted by Crippen LogP contribution is -2.19. The first-order valence-electron chi connectivity index (χ1n) is 7.18. The topological polar surface area (TPSA) is 12.0 Å². The summed E-state index contributed by atoms with van der Waals surface area (Å²) < 4.78 is 1.35. The zero-order valence-electron chi connectivity index (χ0n) is 12.4. The Labute approximate surface area is 135 Å². The number of aryl methyl sites for hydroxylation is 2. The Balaban J connectivity index is 2.34. The Morgan fingerprint density at radius 2 is 1.80 bits per heavy atom. The van der Waals surface area contributed by atoms with Crippen molar-refractivity contribution in [3.63, 3.8) is 0 Å². The Morgan fingerprint density at radius 1 is 1.10 bits per heavy atom. The van der Waals surface area contributed by atoms with Crippen LogP contribution in [0, 0.1) is 10.5 Å². The number of hydrogen-bond acceptors (Lipinski definition) is 1. The summed E-state index contributed by atoms with van der Waals surface area (Å²) in [6.45, 7) is 4.39. The third-order valence-electron chi connectivity index (χ3n) is 3.67. The van der Waals surface area contributed by atoms with E-state index in [2.05, 4.69) is 84.2 Å². The summed E-state index contributed by atoms with van der Waals surface area (Å²) >= 11 is 2.45. The van der Waals surface area contributed by atoms with Crippen LogP contribution in [0.3, 0.4) is 0 Å². The van der Waals surface area contributed by atoms with Crippen LogP contribution in [0.1, 0.15) is 41.6 Å².